The van der Waals surface area contributed by atoms with Crippen molar-refractivity contribution >= 4 is 32.9 Å². The summed E-state index contributed by atoms with van der Waals surface area (Å²) in [5, 5.41) is 3.78. The normalized spacial score (nSPS) is 15.3. The van der Waals surface area contributed by atoms with E-state index in [0.29, 0.717) is 6.04 Å². The summed E-state index contributed by atoms with van der Waals surface area (Å²) in [6, 6.07) is 28.2. The topological polar surface area (TPSA) is 33.1 Å². The third-order valence-electron chi connectivity index (χ3n) is 6.39. The maximum absolute atomic E-state index is 4.94. The largest absolute Gasteiger partial charge is 0.353 e. The summed E-state index contributed by atoms with van der Waals surface area (Å²) >= 11 is 3.54. The van der Waals surface area contributed by atoms with E-state index in [1.165, 1.54) is 16.6 Å². The first-order valence-electron chi connectivity index (χ1n) is 11.5. The summed E-state index contributed by atoms with van der Waals surface area (Å²) < 4.78 is 3.43. The minimum Gasteiger partial charge on any atom is -0.353 e. The number of hydrogen-bond donors (Lipinski definition) is 1. The number of rotatable bonds is 7. The predicted molar refractivity (Wildman–Crippen MR) is 136 cm³/mol. The van der Waals surface area contributed by atoms with E-state index in [-0.39, 0.29) is 0 Å². The maximum Gasteiger partial charge on any atom is 0.204 e. The van der Waals surface area contributed by atoms with Crippen molar-refractivity contribution in [2.24, 2.45) is 0 Å². The van der Waals surface area contributed by atoms with E-state index in [1.54, 1.807) is 0 Å². The summed E-state index contributed by atoms with van der Waals surface area (Å²) in [6.45, 7) is 4.22. The van der Waals surface area contributed by atoms with E-state index < -0.39 is 0 Å². The molecule has 164 valence electrons. The van der Waals surface area contributed by atoms with E-state index in [1.807, 2.05) is 0 Å². The van der Waals surface area contributed by atoms with Crippen LogP contribution in [0.2, 0.25) is 0 Å². The lowest BCUT2D eigenvalue weighted by molar-refractivity contribution is 0.221. The molecule has 0 aliphatic carbocycles. The highest BCUT2D eigenvalue weighted by Gasteiger charge is 2.21. The van der Waals surface area contributed by atoms with Gasteiger partial charge in [0.1, 0.15) is 0 Å². The van der Waals surface area contributed by atoms with Crippen LogP contribution < -0.4 is 5.32 Å². The molecule has 0 spiro atoms. The van der Waals surface area contributed by atoms with Gasteiger partial charge in [0.05, 0.1) is 17.6 Å². The van der Waals surface area contributed by atoms with Gasteiger partial charge in [-0.1, -0.05) is 70.5 Å². The standard InChI is InChI=1S/C27H29BrN4/c28-23-12-10-22(11-13-23)20-32-26-9-5-4-8-25(26)30-27(32)29-24-15-18-31(19-16-24)17-14-21-6-2-1-3-7-21/h1-13,24H,14-20H2,(H,29,30). The van der Waals surface area contributed by atoms with Crippen LogP contribution in [0, 0.1) is 0 Å². The third-order valence-corrected chi connectivity index (χ3v) is 6.92. The quantitative estimate of drug-likeness (QED) is 0.348. The van der Waals surface area contributed by atoms with Crippen LogP contribution in [0.5, 0.6) is 0 Å². The second-order valence-corrected chi connectivity index (χ2v) is 9.55. The van der Waals surface area contributed by atoms with Crippen molar-refractivity contribution in [1.29, 1.82) is 0 Å². The Bertz CT molecular complexity index is 1150. The SMILES string of the molecule is Brc1ccc(Cn2c(NC3CCN(CCc4ccccc4)CC3)nc3ccccc32)cc1. The average Bonchev–Trinajstić information content (AvgIpc) is 3.17. The zero-order valence-electron chi connectivity index (χ0n) is 18.3. The van der Waals surface area contributed by atoms with Crippen LogP contribution in [0.25, 0.3) is 11.0 Å². The first-order valence-corrected chi connectivity index (χ1v) is 12.3. The smallest absolute Gasteiger partial charge is 0.204 e. The average molecular weight is 489 g/mol. The number of aromatic nitrogens is 2. The highest BCUT2D eigenvalue weighted by molar-refractivity contribution is 9.10. The fourth-order valence-corrected chi connectivity index (χ4v) is 4.80. The lowest BCUT2D eigenvalue weighted by atomic mass is 10.0. The molecule has 1 saturated heterocycles. The fraction of sp³-hybridized carbons (Fsp3) is 0.296. The summed E-state index contributed by atoms with van der Waals surface area (Å²) in [4.78, 5) is 7.54. The number of likely N-dealkylation sites (tertiary alicyclic amines) is 1. The molecule has 1 aliphatic rings. The van der Waals surface area contributed by atoms with Gasteiger partial charge in [-0.2, -0.15) is 0 Å². The molecule has 0 unspecified atom stereocenters. The van der Waals surface area contributed by atoms with Gasteiger partial charge in [0.25, 0.3) is 0 Å². The predicted octanol–water partition coefficient (Wildman–Crippen LogP) is 5.97. The van der Waals surface area contributed by atoms with Crippen molar-refractivity contribution in [2.75, 3.05) is 25.0 Å². The van der Waals surface area contributed by atoms with Crippen molar-refractivity contribution < 1.29 is 0 Å². The maximum atomic E-state index is 4.94. The summed E-state index contributed by atoms with van der Waals surface area (Å²) in [5.74, 6) is 0.983. The van der Waals surface area contributed by atoms with Gasteiger partial charge in [0.2, 0.25) is 5.95 Å². The number of imidazole rings is 1. The lowest BCUT2D eigenvalue weighted by Gasteiger charge is -2.32. The lowest BCUT2D eigenvalue weighted by Crippen LogP contribution is -2.40. The Hall–Kier alpha value is -2.63. The summed E-state index contributed by atoms with van der Waals surface area (Å²) in [5.41, 5.74) is 4.93. The van der Waals surface area contributed by atoms with Crippen molar-refractivity contribution in [2.45, 2.75) is 31.8 Å². The molecule has 1 fully saturated rings. The van der Waals surface area contributed by atoms with E-state index in [0.717, 1.165) is 61.4 Å². The minimum absolute atomic E-state index is 0.462. The molecule has 0 radical (unpaired) electrons. The number of fused-ring (bicyclic) bond motifs is 1. The number of halogens is 1. The highest BCUT2D eigenvalue weighted by Crippen LogP contribution is 2.24. The first kappa shape index (κ1) is 21.2. The Balaban J connectivity index is 1.25. The Labute approximate surface area is 198 Å². The zero-order valence-corrected chi connectivity index (χ0v) is 19.8. The second kappa shape index (κ2) is 9.88. The molecule has 1 N–H and O–H groups in total. The van der Waals surface area contributed by atoms with Gasteiger partial charge in [0.15, 0.2) is 0 Å². The van der Waals surface area contributed by atoms with Gasteiger partial charge < -0.3 is 14.8 Å². The van der Waals surface area contributed by atoms with Gasteiger partial charge >= 0.3 is 0 Å². The van der Waals surface area contributed by atoms with Crippen LogP contribution in [0.3, 0.4) is 0 Å². The molecule has 32 heavy (non-hydrogen) atoms. The molecule has 1 aliphatic heterocycles. The fourth-order valence-electron chi connectivity index (χ4n) is 4.53. The number of para-hydroxylation sites is 2. The molecule has 0 saturated carbocycles. The molecule has 0 bridgehead atoms. The van der Waals surface area contributed by atoms with Crippen molar-refractivity contribution in [3.63, 3.8) is 0 Å². The summed E-state index contributed by atoms with van der Waals surface area (Å²) in [6.07, 6.45) is 3.43. The number of nitrogens with zero attached hydrogens (tertiary/aromatic N) is 3. The molecular weight excluding hydrogens is 460 g/mol. The van der Waals surface area contributed by atoms with E-state index in [9.17, 15) is 0 Å². The van der Waals surface area contributed by atoms with Gasteiger partial charge in [-0.05, 0) is 54.7 Å². The second-order valence-electron chi connectivity index (χ2n) is 8.63. The molecule has 5 rings (SSSR count). The highest BCUT2D eigenvalue weighted by atomic mass is 79.9. The van der Waals surface area contributed by atoms with Gasteiger partial charge in [-0.15, -0.1) is 0 Å². The van der Waals surface area contributed by atoms with Gasteiger partial charge in [0, 0.05) is 30.1 Å². The Kier molecular flexibility index (Phi) is 6.56. The van der Waals surface area contributed by atoms with Crippen LogP contribution >= 0.6 is 15.9 Å². The molecule has 0 atom stereocenters. The third kappa shape index (κ3) is 5.05. The van der Waals surface area contributed by atoms with Crippen LogP contribution in [-0.2, 0) is 13.0 Å². The zero-order chi connectivity index (χ0) is 21.8. The van der Waals surface area contributed by atoms with Crippen molar-refractivity contribution in [3.8, 4) is 0 Å². The van der Waals surface area contributed by atoms with Gasteiger partial charge in [-0.25, -0.2) is 4.98 Å². The number of benzene rings is 3. The molecule has 2 heterocycles. The molecule has 5 heteroatoms. The molecule has 3 aromatic carbocycles. The van der Waals surface area contributed by atoms with E-state index in [2.05, 4.69) is 110 Å². The van der Waals surface area contributed by atoms with Crippen molar-refractivity contribution in [1.82, 2.24) is 14.5 Å². The van der Waals surface area contributed by atoms with E-state index >= 15 is 0 Å². The first-order chi connectivity index (χ1) is 15.7. The Morgan fingerprint density at radius 2 is 1.56 bits per heavy atom. The number of nitrogens with one attached hydrogen (secondary N) is 1. The molecule has 0 amide bonds. The number of anilines is 1. The van der Waals surface area contributed by atoms with Gasteiger partial charge in [-0.3, -0.25) is 0 Å². The molecule has 4 aromatic rings. The molecule has 4 nitrogen and oxygen atoms in total. The van der Waals surface area contributed by atoms with Crippen LogP contribution in [0.1, 0.15) is 24.0 Å². The summed E-state index contributed by atoms with van der Waals surface area (Å²) in [7, 11) is 0. The Morgan fingerprint density at radius 1 is 0.844 bits per heavy atom. The number of piperidine rings is 1. The Morgan fingerprint density at radius 3 is 2.34 bits per heavy atom. The van der Waals surface area contributed by atoms with Crippen molar-refractivity contribution in [3.05, 3.63) is 94.5 Å². The minimum atomic E-state index is 0.462. The molecule has 1 aromatic heterocycles. The van der Waals surface area contributed by atoms with E-state index in [4.69, 9.17) is 4.98 Å². The van der Waals surface area contributed by atoms with Crippen LogP contribution in [0.4, 0.5) is 5.95 Å². The monoisotopic (exact) mass is 488 g/mol. The number of hydrogen-bond acceptors (Lipinski definition) is 3. The van der Waals surface area contributed by atoms with Crippen LogP contribution in [0.15, 0.2) is 83.3 Å². The van der Waals surface area contributed by atoms with Crippen LogP contribution in [-0.4, -0.2) is 40.1 Å². The molecular formula is C27H29BrN4.